The van der Waals surface area contributed by atoms with Gasteiger partial charge in [-0.15, -0.1) is 0 Å². The highest BCUT2D eigenvalue weighted by Gasteiger charge is 2.22. The molecular formula is C16H26N2O2S. The first-order chi connectivity index (χ1) is 9.82. The van der Waals surface area contributed by atoms with Gasteiger partial charge in [0.05, 0.1) is 4.90 Å². The second-order valence-corrected chi connectivity index (χ2v) is 8.41. The monoisotopic (exact) mass is 310 g/mol. The lowest BCUT2D eigenvalue weighted by atomic mass is 9.91. The molecule has 1 saturated carbocycles. The molecular weight excluding hydrogens is 284 g/mol. The quantitative estimate of drug-likeness (QED) is 0.776. The molecule has 0 unspecified atom stereocenters. The lowest BCUT2D eigenvalue weighted by Crippen LogP contribution is -2.33. The normalized spacial score (nSPS) is 16.1. The summed E-state index contributed by atoms with van der Waals surface area (Å²) in [5.74, 6) is 0. The lowest BCUT2D eigenvalue weighted by Gasteiger charge is -2.22. The first kappa shape index (κ1) is 16.5. The van der Waals surface area contributed by atoms with Crippen LogP contribution in [-0.4, -0.2) is 21.0 Å². The second kappa shape index (κ2) is 6.46. The maximum Gasteiger partial charge on any atom is 0.240 e. The van der Waals surface area contributed by atoms with Gasteiger partial charge in [-0.1, -0.05) is 32.9 Å². The van der Waals surface area contributed by atoms with E-state index in [4.69, 9.17) is 0 Å². The van der Waals surface area contributed by atoms with Gasteiger partial charge in [0.2, 0.25) is 10.0 Å². The van der Waals surface area contributed by atoms with Crippen molar-refractivity contribution in [2.45, 2.75) is 57.5 Å². The van der Waals surface area contributed by atoms with Crippen LogP contribution >= 0.6 is 0 Å². The standard InChI is InChI=1S/C16H26N2O2S/c1-4-16(2,3)12-18-21(19,20)15-7-5-6-13(10-15)11-17-14-8-9-14/h5-7,10,14,17-18H,4,8-9,11-12H2,1-3H3. The third-order valence-corrected chi connectivity index (χ3v) is 5.48. The fraction of sp³-hybridized carbons (Fsp3) is 0.625. The molecule has 1 aromatic rings. The molecule has 1 fully saturated rings. The van der Waals surface area contributed by atoms with Gasteiger partial charge in [0, 0.05) is 19.1 Å². The van der Waals surface area contributed by atoms with Gasteiger partial charge in [-0.05, 0) is 42.4 Å². The summed E-state index contributed by atoms with van der Waals surface area (Å²) in [6, 6.07) is 7.81. The molecule has 0 radical (unpaired) electrons. The lowest BCUT2D eigenvalue weighted by molar-refractivity contribution is 0.350. The van der Waals surface area contributed by atoms with Crippen LogP contribution in [0.5, 0.6) is 0 Å². The van der Waals surface area contributed by atoms with Crippen LogP contribution in [0.1, 0.15) is 45.6 Å². The maximum atomic E-state index is 12.4. The fourth-order valence-corrected chi connectivity index (χ4v) is 3.18. The number of rotatable bonds is 8. The van der Waals surface area contributed by atoms with Gasteiger partial charge in [0.15, 0.2) is 0 Å². The average Bonchev–Trinajstić information content (AvgIpc) is 3.28. The Labute approximate surface area is 128 Å². The average molecular weight is 310 g/mol. The maximum absolute atomic E-state index is 12.4. The van der Waals surface area contributed by atoms with E-state index in [1.807, 2.05) is 12.1 Å². The van der Waals surface area contributed by atoms with Crippen molar-refractivity contribution in [3.05, 3.63) is 29.8 Å². The zero-order valence-corrected chi connectivity index (χ0v) is 14.0. The topological polar surface area (TPSA) is 58.2 Å². The molecule has 0 heterocycles. The van der Waals surface area contributed by atoms with E-state index in [0.717, 1.165) is 18.5 Å². The van der Waals surface area contributed by atoms with Crippen LogP contribution in [0.2, 0.25) is 0 Å². The number of hydrogen-bond donors (Lipinski definition) is 2. The van der Waals surface area contributed by atoms with Crippen molar-refractivity contribution >= 4 is 10.0 Å². The van der Waals surface area contributed by atoms with Gasteiger partial charge >= 0.3 is 0 Å². The van der Waals surface area contributed by atoms with Gasteiger partial charge < -0.3 is 5.32 Å². The van der Waals surface area contributed by atoms with Gasteiger partial charge in [-0.2, -0.15) is 0 Å². The predicted molar refractivity (Wildman–Crippen MR) is 85.6 cm³/mol. The van der Waals surface area contributed by atoms with Gasteiger partial charge in [0.25, 0.3) is 0 Å². The largest absolute Gasteiger partial charge is 0.310 e. The summed E-state index contributed by atoms with van der Waals surface area (Å²) in [7, 11) is -3.43. The molecule has 0 amide bonds. The molecule has 1 aromatic carbocycles. The Hall–Kier alpha value is -0.910. The SMILES string of the molecule is CCC(C)(C)CNS(=O)(=O)c1cccc(CNC2CC2)c1. The van der Waals surface area contributed by atoms with E-state index >= 15 is 0 Å². The summed E-state index contributed by atoms with van der Waals surface area (Å²) in [4.78, 5) is 0.351. The minimum Gasteiger partial charge on any atom is -0.310 e. The van der Waals surface area contributed by atoms with E-state index in [1.165, 1.54) is 12.8 Å². The molecule has 2 N–H and O–H groups in total. The Morgan fingerprint density at radius 2 is 2.00 bits per heavy atom. The molecule has 1 aliphatic carbocycles. The van der Waals surface area contributed by atoms with Crippen LogP contribution in [0.4, 0.5) is 0 Å². The zero-order valence-electron chi connectivity index (χ0n) is 13.1. The summed E-state index contributed by atoms with van der Waals surface area (Å²) in [5, 5.41) is 3.40. The highest BCUT2D eigenvalue weighted by molar-refractivity contribution is 7.89. The van der Waals surface area contributed by atoms with Crippen molar-refractivity contribution in [1.82, 2.24) is 10.0 Å². The third kappa shape index (κ3) is 5.09. The molecule has 118 valence electrons. The van der Waals surface area contributed by atoms with E-state index in [2.05, 4.69) is 30.8 Å². The molecule has 0 spiro atoms. The van der Waals surface area contributed by atoms with Gasteiger partial charge in [-0.25, -0.2) is 13.1 Å². The van der Waals surface area contributed by atoms with Gasteiger partial charge in [-0.3, -0.25) is 0 Å². The first-order valence-corrected chi connectivity index (χ1v) is 9.13. The van der Waals surface area contributed by atoms with Gasteiger partial charge in [0.1, 0.15) is 0 Å². The van der Waals surface area contributed by atoms with Crippen molar-refractivity contribution in [3.63, 3.8) is 0 Å². The van der Waals surface area contributed by atoms with E-state index < -0.39 is 10.0 Å². The highest BCUT2D eigenvalue weighted by atomic mass is 32.2. The second-order valence-electron chi connectivity index (χ2n) is 6.64. The molecule has 1 aliphatic rings. The number of nitrogens with one attached hydrogen (secondary N) is 2. The Morgan fingerprint density at radius 3 is 2.62 bits per heavy atom. The van der Waals surface area contributed by atoms with Crippen molar-refractivity contribution in [3.8, 4) is 0 Å². The highest BCUT2D eigenvalue weighted by Crippen LogP contribution is 2.21. The summed E-state index contributed by atoms with van der Waals surface area (Å²) in [6.07, 6.45) is 3.39. The molecule has 21 heavy (non-hydrogen) atoms. The number of hydrogen-bond acceptors (Lipinski definition) is 3. The fourth-order valence-electron chi connectivity index (χ4n) is 1.87. The molecule has 0 atom stereocenters. The summed E-state index contributed by atoms with van der Waals surface area (Å²) >= 11 is 0. The van der Waals surface area contributed by atoms with Crippen LogP contribution in [0, 0.1) is 5.41 Å². The van der Waals surface area contributed by atoms with E-state index in [0.29, 0.717) is 17.5 Å². The third-order valence-electron chi connectivity index (χ3n) is 4.08. The molecule has 0 bridgehead atoms. The Kier molecular flexibility index (Phi) is 5.07. The Bertz CT molecular complexity index is 578. The van der Waals surface area contributed by atoms with E-state index in [1.54, 1.807) is 12.1 Å². The van der Waals surface area contributed by atoms with Crippen LogP contribution in [-0.2, 0) is 16.6 Å². The van der Waals surface area contributed by atoms with Crippen LogP contribution in [0.25, 0.3) is 0 Å². The van der Waals surface area contributed by atoms with Crippen molar-refractivity contribution in [2.75, 3.05) is 6.54 Å². The summed E-state index contributed by atoms with van der Waals surface area (Å²) in [5.41, 5.74) is 0.984. The van der Waals surface area contributed by atoms with Crippen LogP contribution in [0.15, 0.2) is 29.2 Å². The molecule has 4 nitrogen and oxygen atoms in total. The zero-order chi connectivity index (χ0) is 15.5. The Balaban J connectivity index is 2.02. The number of sulfonamides is 1. The minimum atomic E-state index is -3.43. The molecule has 2 rings (SSSR count). The molecule has 0 saturated heterocycles. The predicted octanol–water partition coefficient (Wildman–Crippen LogP) is 2.65. The van der Waals surface area contributed by atoms with Crippen molar-refractivity contribution < 1.29 is 8.42 Å². The summed E-state index contributed by atoms with van der Waals surface area (Å²) in [6.45, 7) is 7.38. The smallest absolute Gasteiger partial charge is 0.240 e. The van der Waals surface area contributed by atoms with E-state index in [-0.39, 0.29) is 5.41 Å². The van der Waals surface area contributed by atoms with Crippen molar-refractivity contribution in [1.29, 1.82) is 0 Å². The van der Waals surface area contributed by atoms with Crippen LogP contribution < -0.4 is 10.0 Å². The number of benzene rings is 1. The van der Waals surface area contributed by atoms with E-state index in [9.17, 15) is 8.42 Å². The first-order valence-electron chi connectivity index (χ1n) is 7.64. The van der Waals surface area contributed by atoms with Crippen LogP contribution in [0.3, 0.4) is 0 Å². The molecule has 0 aliphatic heterocycles. The molecule has 0 aromatic heterocycles. The molecule has 5 heteroatoms. The Morgan fingerprint density at radius 1 is 1.29 bits per heavy atom. The summed E-state index contributed by atoms with van der Waals surface area (Å²) < 4.78 is 27.5. The minimum absolute atomic E-state index is 0.0296. The van der Waals surface area contributed by atoms with Crippen molar-refractivity contribution in [2.24, 2.45) is 5.41 Å².